The first kappa shape index (κ1) is 33.3. The first-order valence-corrected chi connectivity index (χ1v) is 15.3. The molecule has 40 heavy (non-hydrogen) atoms. The van der Waals surface area contributed by atoms with E-state index >= 15 is 0 Å². The van der Waals surface area contributed by atoms with Gasteiger partial charge < -0.3 is 0 Å². The van der Waals surface area contributed by atoms with E-state index in [2.05, 4.69) is 160 Å². The minimum absolute atomic E-state index is 0.291. The monoisotopic (exact) mass is 536 g/mol. The summed E-state index contributed by atoms with van der Waals surface area (Å²) in [6, 6.07) is 0. The summed E-state index contributed by atoms with van der Waals surface area (Å²) in [5, 5.41) is 0. The number of hydrogen-bond acceptors (Lipinski definition) is 0. The van der Waals surface area contributed by atoms with Gasteiger partial charge in [-0.2, -0.15) is 0 Å². The maximum Gasteiger partial charge on any atom is 0.000366 e. The maximum atomic E-state index is 2.45. The van der Waals surface area contributed by atoms with Crippen molar-refractivity contribution < 1.29 is 0 Å². The van der Waals surface area contributed by atoms with E-state index in [1.54, 1.807) is 5.57 Å². The van der Waals surface area contributed by atoms with Gasteiger partial charge in [0.2, 0.25) is 0 Å². The fraction of sp³-hybridized carbons (Fsp3) is 0.450. The van der Waals surface area contributed by atoms with E-state index in [4.69, 9.17) is 0 Å². The Labute approximate surface area is 247 Å². The molecular formula is C40H56. The molecule has 1 atom stereocenters. The third-order valence-corrected chi connectivity index (χ3v) is 8.42. The van der Waals surface area contributed by atoms with Crippen LogP contribution in [0.25, 0.3) is 0 Å². The van der Waals surface area contributed by atoms with Crippen molar-refractivity contribution in [3.63, 3.8) is 0 Å². The highest BCUT2D eigenvalue weighted by atomic mass is 14.3. The summed E-state index contributed by atoms with van der Waals surface area (Å²) in [7, 11) is 0. The van der Waals surface area contributed by atoms with Gasteiger partial charge in [0, 0.05) is 5.92 Å². The number of hydrogen-bond donors (Lipinski definition) is 0. The molecule has 0 amide bonds. The molecule has 0 fully saturated rings. The molecule has 0 aromatic heterocycles. The largest absolute Gasteiger partial charge is 0.0782 e. The van der Waals surface area contributed by atoms with E-state index in [-0.39, 0.29) is 0 Å². The molecule has 0 aromatic carbocycles. The van der Waals surface area contributed by atoms with Crippen molar-refractivity contribution in [1.29, 1.82) is 0 Å². The molecule has 0 spiro atoms. The summed E-state index contributed by atoms with van der Waals surface area (Å²) in [6.07, 6.45) is 39.5. The second kappa shape index (κ2) is 15.8. The third kappa shape index (κ3) is 11.7. The quantitative estimate of drug-likeness (QED) is 0.192. The molecule has 0 unspecified atom stereocenters. The molecule has 0 radical (unpaired) electrons. The normalized spacial score (nSPS) is 23.6. The third-order valence-electron chi connectivity index (χ3n) is 8.42. The van der Waals surface area contributed by atoms with Crippen molar-refractivity contribution >= 4 is 0 Å². The minimum atomic E-state index is 0.291. The van der Waals surface area contributed by atoms with Crippen LogP contribution in [0.1, 0.15) is 101 Å². The molecule has 0 heterocycles. The van der Waals surface area contributed by atoms with Crippen LogP contribution in [0.15, 0.2) is 130 Å². The van der Waals surface area contributed by atoms with Gasteiger partial charge in [0.15, 0.2) is 0 Å². The summed E-state index contributed by atoms with van der Waals surface area (Å²) in [5.41, 5.74) is 10.2. The average Bonchev–Trinajstić information content (AvgIpc) is 2.86. The second-order valence-corrected chi connectivity index (χ2v) is 13.4. The lowest BCUT2D eigenvalue weighted by Crippen LogP contribution is -2.24. The van der Waals surface area contributed by atoms with Gasteiger partial charge in [0.25, 0.3) is 0 Å². The molecule has 216 valence electrons. The van der Waals surface area contributed by atoms with Gasteiger partial charge in [-0.3, -0.25) is 0 Å². The smallest absolute Gasteiger partial charge is 0.000366 e. The summed E-state index contributed by atoms with van der Waals surface area (Å²) in [4.78, 5) is 0. The molecule has 0 aromatic rings. The predicted octanol–water partition coefficient (Wildman–Crippen LogP) is 12.5. The summed E-state index contributed by atoms with van der Waals surface area (Å²) in [5.74, 6) is 0.518. The van der Waals surface area contributed by atoms with Crippen molar-refractivity contribution in [1.82, 2.24) is 0 Å². The highest BCUT2D eigenvalue weighted by Gasteiger charge is 2.29. The molecule has 2 aliphatic carbocycles. The lowest BCUT2D eigenvalue weighted by Gasteiger charge is -2.35. The molecular weight excluding hydrogens is 480 g/mol. The van der Waals surface area contributed by atoms with Gasteiger partial charge in [-0.15, -0.1) is 0 Å². The fourth-order valence-electron chi connectivity index (χ4n) is 5.44. The first-order chi connectivity index (χ1) is 18.8. The minimum Gasteiger partial charge on any atom is -0.0782 e. The summed E-state index contributed by atoms with van der Waals surface area (Å²) in [6.45, 7) is 22.7. The van der Waals surface area contributed by atoms with Crippen molar-refractivity contribution in [3.8, 4) is 0 Å². The molecule has 0 bridgehead atoms. The van der Waals surface area contributed by atoms with E-state index in [1.807, 2.05) is 0 Å². The summed E-state index contributed by atoms with van der Waals surface area (Å²) >= 11 is 0. The van der Waals surface area contributed by atoms with E-state index in [0.29, 0.717) is 16.7 Å². The molecule has 0 saturated carbocycles. The van der Waals surface area contributed by atoms with Crippen LogP contribution >= 0.6 is 0 Å². The van der Waals surface area contributed by atoms with Gasteiger partial charge in [0.05, 0.1) is 0 Å². The Balaban J connectivity index is 1.87. The van der Waals surface area contributed by atoms with Gasteiger partial charge in [-0.1, -0.05) is 152 Å². The lowest BCUT2D eigenvalue weighted by atomic mass is 9.70. The van der Waals surface area contributed by atoms with Crippen molar-refractivity contribution in [2.75, 3.05) is 0 Å². The van der Waals surface area contributed by atoms with E-state index in [9.17, 15) is 0 Å². The Bertz CT molecular complexity index is 1200. The zero-order valence-electron chi connectivity index (χ0n) is 27.3. The van der Waals surface area contributed by atoms with E-state index in [1.165, 1.54) is 65.5 Å². The fourth-order valence-corrected chi connectivity index (χ4v) is 5.44. The Hall–Kier alpha value is -2.86. The zero-order valence-corrected chi connectivity index (χ0v) is 27.3. The average molecular weight is 537 g/mol. The molecule has 0 saturated heterocycles. The number of allylic oxidation sites excluding steroid dienone is 22. The predicted molar refractivity (Wildman–Crippen MR) is 181 cm³/mol. The summed E-state index contributed by atoms with van der Waals surface area (Å²) < 4.78 is 0. The van der Waals surface area contributed by atoms with Gasteiger partial charge >= 0.3 is 0 Å². The van der Waals surface area contributed by atoms with Gasteiger partial charge in [0.1, 0.15) is 0 Å². The Morgan fingerprint density at radius 2 is 1.20 bits per heavy atom. The van der Waals surface area contributed by atoms with E-state index < -0.39 is 0 Å². The van der Waals surface area contributed by atoms with Crippen molar-refractivity contribution in [2.24, 2.45) is 16.7 Å². The van der Waals surface area contributed by atoms with E-state index in [0.717, 1.165) is 0 Å². The molecule has 0 aliphatic heterocycles. The Morgan fingerprint density at radius 1 is 0.675 bits per heavy atom. The standard InChI is InChI=1S/C40H56/c1-31(18-13-20-33(3)23-25-37-30-35(5)27-29-39(37,7)8)16-11-12-17-32(2)19-14-21-34(4)24-26-38-36(6)22-15-28-40(38,9)10/h11-14,16-21,23-26,30,37H,15,22,27-29H2,1-10H3/b12-11+,18-13+,19-14+,25-23+,26-24+,31-16+,32-17+,33-20+,34-21+/t37-/m0/s1. The van der Waals surface area contributed by atoms with Crippen molar-refractivity contribution in [3.05, 3.63) is 130 Å². The highest BCUT2D eigenvalue weighted by molar-refractivity contribution is 5.37. The Morgan fingerprint density at radius 3 is 1.77 bits per heavy atom. The molecule has 0 nitrogen and oxygen atoms in total. The van der Waals surface area contributed by atoms with Crippen LogP contribution in [0.4, 0.5) is 0 Å². The van der Waals surface area contributed by atoms with Crippen LogP contribution in [-0.4, -0.2) is 0 Å². The number of rotatable bonds is 10. The van der Waals surface area contributed by atoms with Crippen LogP contribution in [0, 0.1) is 16.7 Å². The molecule has 2 rings (SSSR count). The second-order valence-electron chi connectivity index (χ2n) is 13.4. The molecule has 0 heteroatoms. The lowest BCUT2D eigenvalue weighted by molar-refractivity contribution is 0.262. The van der Waals surface area contributed by atoms with Crippen LogP contribution < -0.4 is 0 Å². The molecule has 0 N–H and O–H groups in total. The van der Waals surface area contributed by atoms with Gasteiger partial charge in [-0.25, -0.2) is 0 Å². The van der Waals surface area contributed by atoms with Crippen LogP contribution in [0.2, 0.25) is 0 Å². The van der Waals surface area contributed by atoms with Crippen LogP contribution in [0.5, 0.6) is 0 Å². The van der Waals surface area contributed by atoms with Crippen molar-refractivity contribution in [2.45, 2.75) is 101 Å². The Kier molecular flexibility index (Phi) is 13.2. The maximum absolute atomic E-state index is 2.45. The highest BCUT2D eigenvalue weighted by Crippen LogP contribution is 2.41. The molecule has 2 aliphatic rings. The zero-order chi connectivity index (χ0) is 29.8. The topological polar surface area (TPSA) is 0 Å². The SMILES string of the molecule is CC1=C[C@H](/C=C/C(C)=C/C=C/C(C)=C/C=C/C=C(C)/C=C/C=C(C)/C=C/C2=C(C)CCCC2(C)C)C(C)(C)CC1. The first-order valence-electron chi connectivity index (χ1n) is 15.3. The van der Waals surface area contributed by atoms with Gasteiger partial charge in [-0.05, 0) is 90.0 Å². The van der Waals surface area contributed by atoms with Crippen LogP contribution in [-0.2, 0) is 0 Å². The van der Waals surface area contributed by atoms with Crippen LogP contribution in [0.3, 0.4) is 0 Å².